The summed E-state index contributed by atoms with van der Waals surface area (Å²) in [5, 5.41) is 3.73. The van der Waals surface area contributed by atoms with Crippen LogP contribution >= 0.6 is 0 Å². The molecule has 7 heteroatoms. The Morgan fingerprint density at radius 1 is 1.23 bits per heavy atom. The van der Waals surface area contributed by atoms with Gasteiger partial charge < -0.3 is 0 Å². The fourth-order valence-corrected chi connectivity index (χ4v) is 3.30. The Balaban J connectivity index is 1.78. The predicted molar refractivity (Wildman–Crippen MR) is 74.3 cm³/mol. The van der Waals surface area contributed by atoms with Crippen LogP contribution in [0, 0.1) is 40.8 Å². The molecule has 1 fully saturated rings. The molecule has 22 heavy (non-hydrogen) atoms. The van der Waals surface area contributed by atoms with Crippen LogP contribution in [0.15, 0.2) is 16.8 Å². The lowest BCUT2D eigenvalue weighted by Crippen LogP contribution is -2.48. The summed E-state index contributed by atoms with van der Waals surface area (Å²) >= 11 is 0. The van der Waals surface area contributed by atoms with Crippen molar-refractivity contribution in [2.45, 2.75) is 26.7 Å². The van der Waals surface area contributed by atoms with Gasteiger partial charge in [-0.3, -0.25) is 5.43 Å². The van der Waals surface area contributed by atoms with Gasteiger partial charge in [0.1, 0.15) is 5.69 Å². The van der Waals surface area contributed by atoms with Gasteiger partial charge in [-0.1, -0.05) is 19.9 Å². The van der Waals surface area contributed by atoms with E-state index in [1.807, 2.05) is 11.5 Å². The van der Waals surface area contributed by atoms with Crippen LogP contribution in [0.2, 0.25) is 0 Å². The number of rotatable bonds is 3. The first-order chi connectivity index (χ1) is 10.3. The number of hydrazone groups is 1. The summed E-state index contributed by atoms with van der Waals surface area (Å²) in [6.07, 6.45) is 5.49. The summed E-state index contributed by atoms with van der Waals surface area (Å²) in [5.41, 5.74) is 2.20. The Bertz CT molecular complexity index is 656. The number of nitrogens with one attached hydrogen (secondary N) is 1. The molecule has 4 rings (SSSR count). The van der Waals surface area contributed by atoms with Crippen LogP contribution in [0.5, 0.6) is 0 Å². The molecule has 0 aliphatic heterocycles. The minimum absolute atomic E-state index is 0.182. The topological polar surface area (TPSA) is 37.3 Å². The molecule has 3 nitrogen and oxygen atoms in total. The highest BCUT2D eigenvalue weighted by atomic mass is 19.2. The Morgan fingerprint density at radius 2 is 1.86 bits per heavy atom. The van der Waals surface area contributed by atoms with Gasteiger partial charge in [-0.25, -0.2) is 0 Å². The van der Waals surface area contributed by atoms with E-state index in [2.05, 4.69) is 23.9 Å². The van der Waals surface area contributed by atoms with Crippen molar-refractivity contribution in [3.63, 3.8) is 0 Å². The molecule has 1 N–H and O–H groups in total. The fourth-order valence-electron chi connectivity index (χ4n) is 3.30. The fraction of sp³-hybridized carbons (Fsp3) is 0.467. The van der Waals surface area contributed by atoms with Crippen molar-refractivity contribution in [1.82, 2.24) is 4.98 Å². The molecule has 0 unspecified atom stereocenters. The normalized spacial score (nSPS) is 25.8. The third-order valence-electron chi connectivity index (χ3n) is 4.90. The second-order valence-corrected chi connectivity index (χ2v) is 6.31. The maximum Gasteiger partial charge on any atom is 0.254 e. The van der Waals surface area contributed by atoms with E-state index in [4.69, 9.17) is 0 Å². The first-order valence-corrected chi connectivity index (χ1v) is 7.01. The second-order valence-electron chi connectivity index (χ2n) is 6.31. The minimum Gasteiger partial charge on any atom is -0.272 e. The highest BCUT2D eigenvalue weighted by Gasteiger charge is 2.50. The van der Waals surface area contributed by atoms with E-state index < -0.39 is 29.2 Å². The average molecular weight is 313 g/mol. The van der Waals surface area contributed by atoms with E-state index in [1.165, 1.54) is 6.21 Å². The molecular weight excluding hydrogens is 298 g/mol. The standard InChI is InChI=1S/C15H15F4N3/c1-15(2)8-4-3-7(9(15)5-8)6-20-22-12-10(16)13(18)21-14(19)11(12)17/h3,6,8-9H,4-5H2,1-2H3,(H,21,22)/b20-6+/t8-,9-/m1/s1. The summed E-state index contributed by atoms with van der Waals surface area (Å²) in [6, 6.07) is 0. The molecular formula is C15H15F4N3. The number of aromatic nitrogens is 1. The highest BCUT2D eigenvalue weighted by Crippen LogP contribution is 2.58. The van der Waals surface area contributed by atoms with Gasteiger partial charge in [0.05, 0.1) is 6.21 Å². The Labute approximate surface area is 125 Å². The number of halogens is 4. The van der Waals surface area contributed by atoms with Crippen molar-refractivity contribution in [2.24, 2.45) is 22.4 Å². The summed E-state index contributed by atoms with van der Waals surface area (Å²) in [4.78, 5) is 2.48. The number of hydrogen-bond acceptors (Lipinski definition) is 3. The van der Waals surface area contributed by atoms with Crippen LogP contribution in [0.1, 0.15) is 26.7 Å². The lowest BCUT2D eigenvalue weighted by Gasteiger charge is -2.55. The van der Waals surface area contributed by atoms with Gasteiger partial charge in [-0.2, -0.15) is 27.6 Å². The van der Waals surface area contributed by atoms with Crippen LogP contribution in [0.25, 0.3) is 0 Å². The third kappa shape index (κ3) is 2.19. The van der Waals surface area contributed by atoms with Gasteiger partial charge in [-0.05, 0) is 35.7 Å². The van der Waals surface area contributed by atoms with Gasteiger partial charge in [0.15, 0.2) is 0 Å². The monoisotopic (exact) mass is 313 g/mol. The number of nitrogens with zero attached hydrogens (tertiary/aromatic N) is 2. The summed E-state index contributed by atoms with van der Waals surface area (Å²) in [5.74, 6) is -5.62. The molecule has 1 aromatic rings. The molecule has 0 saturated heterocycles. The maximum absolute atomic E-state index is 13.4. The molecule has 118 valence electrons. The van der Waals surface area contributed by atoms with Crippen LogP contribution in [0.3, 0.4) is 0 Å². The minimum atomic E-state index is -1.71. The Hall–Kier alpha value is -1.92. The van der Waals surface area contributed by atoms with Crippen molar-refractivity contribution in [3.05, 3.63) is 35.2 Å². The number of hydrogen-bond donors (Lipinski definition) is 1. The van der Waals surface area contributed by atoms with Gasteiger partial charge in [0.25, 0.3) is 11.9 Å². The lowest BCUT2D eigenvalue weighted by molar-refractivity contribution is -0.00124. The summed E-state index contributed by atoms with van der Waals surface area (Å²) in [6.45, 7) is 4.35. The molecule has 0 aromatic carbocycles. The van der Waals surface area contributed by atoms with Gasteiger partial charge in [-0.15, -0.1) is 0 Å². The van der Waals surface area contributed by atoms with Crippen molar-refractivity contribution < 1.29 is 17.6 Å². The average Bonchev–Trinajstić information content (AvgIpc) is 2.48. The molecule has 3 aliphatic carbocycles. The molecule has 0 radical (unpaired) electrons. The Morgan fingerprint density at radius 3 is 2.41 bits per heavy atom. The number of pyridine rings is 1. The quantitative estimate of drug-likeness (QED) is 0.396. The zero-order chi connectivity index (χ0) is 16.1. The van der Waals surface area contributed by atoms with E-state index in [0.717, 1.165) is 18.4 Å². The molecule has 0 amide bonds. The lowest BCUT2D eigenvalue weighted by atomic mass is 9.49. The largest absolute Gasteiger partial charge is 0.272 e. The zero-order valence-electron chi connectivity index (χ0n) is 12.1. The van der Waals surface area contributed by atoms with Crippen LogP contribution in [0.4, 0.5) is 23.2 Å². The Kier molecular flexibility index (Phi) is 3.45. The maximum atomic E-state index is 13.4. The van der Waals surface area contributed by atoms with Crippen molar-refractivity contribution in [2.75, 3.05) is 5.43 Å². The van der Waals surface area contributed by atoms with Crippen molar-refractivity contribution in [1.29, 1.82) is 0 Å². The van der Waals surface area contributed by atoms with Gasteiger partial charge in [0.2, 0.25) is 11.6 Å². The number of anilines is 1. The molecule has 1 saturated carbocycles. The van der Waals surface area contributed by atoms with Gasteiger partial charge in [0, 0.05) is 0 Å². The first kappa shape index (κ1) is 15.0. The van der Waals surface area contributed by atoms with Gasteiger partial charge >= 0.3 is 0 Å². The molecule has 2 atom stereocenters. The molecule has 2 bridgehead atoms. The third-order valence-corrected chi connectivity index (χ3v) is 4.90. The SMILES string of the molecule is CC1(C)[C@@H]2CC=C(/C=N/Nc3c(F)c(F)nc(F)c3F)[C@H]1C2. The second kappa shape index (κ2) is 5.07. The van der Waals surface area contributed by atoms with Crippen molar-refractivity contribution >= 4 is 11.9 Å². The first-order valence-electron chi connectivity index (χ1n) is 7.01. The van der Waals surface area contributed by atoms with E-state index in [9.17, 15) is 17.6 Å². The molecule has 1 aromatic heterocycles. The van der Waals surface area contributed by atoms with E-state index in [-0.39, 0.29) is 5.41 Å². The number of fused-ring (bicyclic) bond motifs is 1. The van der Waals surface area contributed by atoms with E-state index in [1.54, 1.807) is 0 Å². The van der Waals surface area contributed by atoms with E-state index >= 15 is 0 Å². The predicted octanol–water partition coefficient (Wildman–Crippen LogP) is 4.03. The highest BCUT2D eigenvalue weighted by molar-refractivity contribution is 5.81. The van der Waals surface area contributed by atoms with Crippen LogP contribution in [-0.4, -0.2) is 11.2 Å². The zero-order valence-corrected chi connectivity index (χ0v) is 12.1. The summed E-state index contributed by atoms with van der Waals surface area (Å²) in [7, 11) is 0. The molecule has 0 spiro atoms. The van der Waals surface area contributed by atoms with E-state index in [0.29, 0.717) is 11.8 Å². The molecule has 3 aliphatic rings. The van der Waals surface area contributed by atoms with Crippen LogP contribution in [-0.2, 0) is 0 Å². The smallest absolute Gasteiger partial charge is 0.254 e. The van der Waals surface area contributed by atoms with Crippen molar-refractivity contribution in [3.8, 4) is 0 Å². The molecule has 1 heterocycles. The van der Waals surface area contributed by atoms with Crippen LogP contribution < -0.4 is 5.43 Å². The summed E-state index contributed by atoms with van der Waals surface area (Å²) < 4.78 is 52.8. The number of allylic oxidation sites excluding steroid dienone is 2.